The SMILES string of the molecule is C[C@@H](CCn1cccn1)n1cnc2ccc(F)cc2c1=O. The molecule has 0 aliphatic carbocycles. The Bertz CT molecular complexity index is 810. The molecule has 3 aromatic rings. The van der Waals surface area contributed by atoms with Crippen molar-refractivity contribution in [1.29, 1.82) is 0 Å². The van der Waals surface area contributed by atoms with Crippen molar-refractivity contribution in [3.05, 3.63) is 59.2 Å². The number of fused-ring (bicyclic) bond motifs is 1. The number of hydrogen-bond donors (Lipinski definition) is 0. The summed E-state index contributed by atoms with van der Waals surface area (Å²) in [6.45, 7) is 2.65. The topological polar surface area (TPSA) is 52.7 Å². The molecule has 1 aromatic carbocycles. The Morgan fingerprint density at radius 3 is 3.00 bits per heavy atom. The maximum absolute atomic E-state index is 13.3. The van der Waals surface area contributed by atoms with Crippen molar-refractivity contribution < 1.29 is 4.39 Å². The minimum absolute atomic E-state index is 0.0399. The van der Waals surface area contributed by atoms with Crippen molar-refractivity contribution in [1.82, 2.24) is 19.3 Å². The first kappa shape index (κ1) is 13.5. The molecule has 2 heterocycles. The maximum atomic E-state index is 13.3. The first-order valence-corrected chi connectivity index (χ1v) is 6.79. The Balaban J connectivity index is 1.89. The number of hydrogen-bond acceptors (Lipinski definition) is 3. The fourth-order valence-corrected chi connectivity index (χ4v) is 2.31. The van der Waals surface area contributed by atoms with Gasteiger partial charge in [0.2, 0.25) is 0 Å². The normalized spacial score (nSPS) is 12.7. The average molecular weight is 286 g/mol. The van der Waals surface area contributed by atoms with E-state index in [-0.39, 0.29) is 11.6 Å². The minimum Gasteiger partial charge on any atom is -0.296 e. The summed E-state index contributed by atoms with van der Waals surface area (Å²) in [6, 6.07) is 5.88. The van der Waals surface area contributed by atoms with E-state index in [1.165, 1.54) is 24.5 Å². The molecule has 0 saturated heterocycles. The zero-order valence-electron chi connectivity index (χ0n) is 11.6. The molecule has 0 fully saturated rings. The monoisotopic (exact) mass is 286 g/mol. The molecule has 21 heavy (non-hydrogen) atoms. The molecular formula is C15H15FN4O. The number of halogens is 1. The van der Waals surface area contributed by atoms with Crippen LogP contribution in [0.2, 0.25) is 0 Å². The molecule has 5 nitrogen and oxygen atoms in total. The molecular weight excluding hydrogens is 271 g/mol. The predicted octanol–water partition coefficient (Wildman–Crippen LogP) is 2.38. The van der Waals surface area contributed by atoms with Gasteiger partial charge in [-0.1, -0.05) is 0 Å². The van der Waals surface area contributed by atoms with E-state index < -0.39 is 5.82 Å². The molecule has 0 aliphatic rings. The third-order valence-corrected chi connectivity index (χ3v) is 3.55. The van der Waals surface area contributed by atoms with Gasteiger partial charge in [0.25, 0.3) is 5.56 Å². The average Bonchev–Trinajstić information content (AvgIpc) is 2.99. The summed E-state index contributed by atoms with van der Waals surface area (Å²) in [7, 11) is 0. The lowest BCUT2D eigenvalue weighted by Crippen LogP contribution is -2.24. The van der Waals surface area contributed by atoms with Gasteiger partial charge in [-0.3, -0.25) is 14.0 Å². The van der Waals surface area contributed by atoms with E-state index in [4.69, 9.17) is 0 Å². The second-order valence-corrected chi connectivity index (χ2v) is 5.03. The highest BCUT2D eigenvalue weighted by molar-refractivity contribution is 5.77. The highest BCUT2D eigenvalue weighted by atomic mass is 19.1. The second kappa shape index (κ2) is 5.47. The van der Waals surface area contributed by atoms with E-state index in [9.17, 15) is 9.18 Å². The Morgan fingerprint density at radius 1 is 1.38 bits per heavy atom. The van der Waals surface area contributed by atoms with Gasteiger partial charge in [0.15, 0.2) is 0 Å². The quantitative estimate of drug-likeness (QED) is 0.740. The highest BCUT2D eigenvalue weighted by Crippen LogP contribution is 2.13. The Labute approximate surface area is 120 Å². The highest BCUT2D eigenvalue weighted by Gasteiger charge is 2.11. The van der Waals surface area contributed by atoms with E-state index in [1.54, 1.807) is 10.8 Å². The zero-order chi connectivity index (χ0) is 14.8. The van der Waals surface area contributed by atoms with Crippen LogP contribution in [0.4, 0.5) is 4.39 Å². The van der Waals surface area contributed by atoms with Crippen molar-refractivity contribution in [3.8, 4) is 0 Å². The number of aromatic nitrogens is 4. The lowest BCUT2D eigenvalue weighted by Gasteiger charge is -2.15. The predicted molar refractivity (Wildman–Crippen MR) is 77.5 cm³/mol. The molecule has 0 unspecified atom stereocenters. The number of benzene rings is 1. The third kappa shape index (κ3) is 2.69. The summed E-state index contributed by atoms with van der Waals surface area (Å²) in [6.07, 6.45) is 5.86. The first-order chi connectivity index (χ1) is 10.1. The molecule has 0 spiro atoms. The Morgan fingerprint density at radius 2 is 2.24 bits per heavy atom. The molecule has 0 N–H and O–H groups in total. The molecule has 1 atom stereocenters. The van der Waals surface area contributed by atoms with Crippen LogP contribution >= 0.6 is 0 Å². The summed E-state index contributed by atoms with van der Waals surface area (Å²) in [4.78, 5) is 16.6. The van der Waals surface area contributed by atoms with Crippen LogP contribution in [-0.2, 0) is 6.54 Å². The van der Waals surface area contributed by atoms with Crippen LogP contribution in [0, 0.1) is 5.82 Å². The summed E-state index contributed by atoms with van der Waals surface area (Å²) >= 11 is 0. The van der Waals surface area contributed by atoms with E-state index in [0.717, 1.165) is 6.42 Å². The van der Waals surface area contributed by atoms with Crippen LogP contribution in [0.25, 0.3) is 10.9 Å². The molecule has 6 heteroatoms. The van der Waals surface area contributed by atoms with Gasteiger partial charge in [0.05, 0.1) is 17.2 Å². The fourth-order valence-electron chi connectivity index (χ4n) is 2.31. The largest absolute Gasteiger partial charge is 0.296 e. The molecule has 2 aromatic heterocycles. The van der Waals surface area contributed by atoms with Crippen molar-refractivity contribution in [2.75, 3.05) is 0 Å². The van der Waals surface area contributed by atoms with Gasteiger partial charge in [0, 0.05) is 25.0 Å². The van der Waals surface area contributed by atoms with Crippen LogP contribution in [0.1, 0.15) is 19.4 Å². The van der Waals surface area contributed by atoms with Crippen molar-refractivity contribution in [2.24, 2.45) is 0 Å². The minimum atomic E-state index is -0.427. The van der Waals surface area contributed by atoms with Gasteiger partial charge in [-0.25, -0.2) is 9.37 Å². The van der Waals surface area contributed by atoms with Crippen LogP contribution in [0.15, 0.2) is 47.8 Å². The molecule has 0 bridgehead atoms. The number of nitrogens with zero attached hydrogens (tertiary/aromatic N) is 4. The smallest absolute Gasteiger partial charge is 0.261 e. The van der Waals surface area contributed by atoms with E-state index in [1.807, 2.05) is 23.9 Å². The lowest BCUT2D eigenvalue weighted by molar-refractivity contribution is 0.435. The second-order valence-electron chi connectivity index (χ2n) is 5.03. The summed E-state index contributed by atoms with van der Waals surface area (Å²) in [5.41, 5.74) is 0.296. The molecule has 0 aliphatic heterocycles. The summed E-state index contributed by atoms with van der Waals surface area (Å²) < 4.78 is 16.7. The molecule has 0 radical (unpaired) electrons. The van der Waals surface area contributed by atoms with Crippen molar-refractivity contribution in [3.63, 3.8) is 0 Å². The third-order valence-electron chi connectivity index (χ3n) is 3.55. The van der Waals surface area contributed by atoms with Crippen molar-refractivity contribution >= 4 is 10.9 Å². The summed E-state index contributed by atoms with van der Waals surface area (Å²) in [5, 5.41) is 4.44. The molecule has 3 rings (SSSR count). The van der Waals surface area contributed by atoms with Crippen LogP contribution < -0.4 is 5.56 Å². The van der Waals surface area contributed by atoms with E-state index >= 15 is 0 Å². The van der Waals surface area contributed by atoms with E-state index in [0.29, 0.717) is 17.4 Å². The van der Waals surface area contributed by atoms with Crippen LogP contribution in [-0.4, -0.2) is 19.3 Å². The Kier molecular flexibility index (Phi) is 3.51. The van der Waals surface area contributed by atoms with Gasteiger partial charge >= 0.3 is 0 Å². The zero-order valence-corrected chi connectivity index (χ0v) is 11.6. The van der Waals surface area contributed by atoms with Crippen LogP contribution in [0.3, 0.4) is 0 Å². The standard InChI is InChI=1S/C15H15FN4O/c1-11(5-8-19-7-2-6-18-19)20-10-17-14-4-3-12(16)9-13(14)15(20)21/h2-4,6-7,9-11H,5,8H2,1H3/t11-/m0/s1. The number of aryl methyl sites for hydroxylation is 1. The summed E-state index contributed by atoms with van der Waals surface area (Å²) in [5.74, 6) is -0.427. The molecule has 0 saturated carbocycles. The Hall–Kier alpha value is -2.50. The molecule has 0 amide bonds. The molecule has 108 valence electrons. The maximum Gasteiger partial charge on any atom is 0.261 e. The lowest BCUT2D eigenvalue weighted by atomic mass is 10.2. The fraction of sp³-hybridized carbons (Fsp3) is 0.267. The van der Waals surface area contributed by atoms with Gasteiger partial charge in [-0.15, -0.1) is 0 Å². The first-order valence-electron chi connectivity index (χ1n) is 6.79. The van der Waals surface area contributed by atoms with Crippen molar-refractivity contribution in [2.45, 2.75) is 25.9 Å². The van der Waals surface area contributed by atoms with Gasteiger partial charge < -0.3 is 0 Å². The van der Waals surface area contributed by atoms with Crippen LogP contribution in [0.5, 0.6) is 0 Å². The van der Waals surface area contributed by atoms with Gasteiger partial charge in [-0.05, 0) is 37.6 Å². The van der Waals surface area contributed by atoms with Gasteiger partial charge in [0.1, 0.15) is 5.82 Å². The number of rotatable bonds is 4. The van der Waals surface area contributed by atoms with Gasteiger partial charge in [-0.2, -0.15) is 5.10 Å². The van der Waals surface area contributed by atoms with E-state index in [2.05, 4.69) is 10.1 Å².